The standard InChI is InChI=1S/C28H34F2N6O4/c1-3-7-36(8-4-2)28(40)22-13-17(26(31)38)12-21(27(32)39)25(22)20(11-16-9-18(29)14-19(30)10-16)23(37)5-6-24-33-15-34-35-24/h9-10,12-15,20,23,37H,3-8,11H2,1-2H3,(H2,31,38)(H2,32,39)(H,33,34,35). The molecule has 214 valence electrons. The van der Waals surface area contributed by atoms with Crippen LogP contribution in [0, 0.1) is 11.6 Å². The molecule has 2 aromatic carbocycles. The van der Waals surface area contributed by atoms with Gasteiger partial charge in [0.15, 0.2) is 0 Å². The monoisotopic (exact) mass is 556 g/mol. The molecular weight excluding hydrogens is 522 g/mol. The average molecular weight is 557 g/mol. The maximum absolute atomic E-state index is 14.1. The van der Waals surface area contributed by atoms with Gasteiger partial charge in [-0.05, 0) is 61.1 Å². The fourth-order valence-electron chi connectivity index (χ4n) is 4.85. The van der Waals surface area contributed by atoms with E-state index < -0.39 is 41.4 Å². The number of aromatic amines is 1. The lowest BCUT2D eigenvalue weighted by Gasteiger charge is -2.30. The van der Waals surface area contributed by atoms with Gasteiger partial charge < -0.3 is 21.5 Å². The molecule has 0 fully saturated rings. The number of halogens is 2. The number of primary amides is 2. The van der Waals surface area contributed by atoms with Crippen molar-refractivity contribution in [3.8, 4) is 0 Å². The molecule has 3 rings (SSSR count). The van der Waals surface area contributed by atoms with Gasteiger partial charge in [0.2, 0.25) is 11.8 Å². The SMILES string of the molecule is CCCN(CCC)C(=O)c1cc(C(N)=O)cc(C(N)=O)c1C(Cc1cc(F)cc(F)c1)C(O)CCc1ncn[nH]1. The topological polar surface area (TPSA) is 168 Å². The van der Waals surface area contributed by atoms with E-state index in [1.54, 1.807) is 4.90 Å². The van der Waals surface area contributed by atoms with Crippen LogP contribution in [0.3, 0.4) is 0 Å². The van der Waals surface area contributed by atoms with Crippen molar-refractivity contribution >= 4 is 17.7 Å². The van der Waals surface area contributed by atoms with E-state index in [1.165, 1.54) is 18.5 Å². The molecule has 3 aromatic rings. The number of aliphatic hydroxyl groups excluding tert-OH is 1. The quantitative estimate of drug-likeness (QED) is 0.238. The van der Waals surface area contributed by atoms with Gasteiger partial charge in [-0.2, -0.15) is 5.10 Å². The number of amides is 3. The summed E-state index contributed by atoms with van der Waals surface area (Å²) in [6, 6.07) is 5.42. The predicted molar refractivity (Wildman–Crippen MR) is 143 cm³/mol. The molecule has 40 heavy (non-hydrogen) atoms. The van der Waals surface area contributed by atoms with Gasteiger partial charge in [0, 0.05) is 48.2 Å². The molecule has 0 saturated heterocycles. The van der Waals surface area contributed by atoms with Gasteiger partial charge in [-0.25, -0.2) is 13.8 Å². The zero-order chi connectivity index (χ0) is 29.4. The van der Waals surface area contributed by atoms with Crippen LogP contribution in [0.4, 0.5) is 8.78 Å². The molecule has 0 aliphatic heterocycles. The molecule has 0 spiro atoms. The van der Waals surface area contributed by atoms with E-state index in [4.69, 9.17) is 11.5 Å². The fourth-order valence-corrected chi connectivity index (χ4v) is 4.85. The summed E-state index contributed by atoms with van der Waals surface area (Å²) in [6.45, 7) is 4.60. The van der Waals surface area contributed by atoms with Crippen LogP contribution in [0.1, 0.15) is 87.1 Å². The van der Waals surface area contributed by atoms with Gasteiger partial charge in [0.05, 0.1) is 6.10 Å². The van der Waals surface area contributed by atoms with Crippen molar-refractivity contribution in [1.29, 1.82) is 0 Å². The normalized spacial score (nSPS) is 12.6. The number of H-pyrrole nitrogens is 1. The zero-order valence-electron chi connectivity index (χ0n) is 22.5. The Balaban J connectivity index is 2.25. The van der Waals surface area contributed by atoms with Gasteiger partial charge in [-0.15, -0.1) is 0 Å². The predicted octanol–water partition coefficient (Wildman–Crippen LogP) is 2.86. The van der Waals surface area contributed by atoms with E-state index >= 15 is 0 Å². The van der Waals surface area contributed by atoms with Crippen LogP contribution in [0.2, 0.25) is 0 Å². The molecule has 2 atom stereocenters. The van der Waals surface area contributed by atoms with E-state index in [9.17, 15) is 28.3 Å². The molecule has 6 N–H and O–H groups in total. The van der Waals surface area contributed by atoms with E-state index in [0.717, 1.165) is 18.2 Å². The van der Waals surface area contributed by atoms with Crippen molar-refractivity contribution in [2.24, 2.45) is 11.5 Å². The molecule has 0 saturated carbocycles. The Hall–Kier alpha value is -4.19. The van der Waals surface area contributed by atoms with E-state index in [1.807, 2.05) is 13.8 Å². The second kappa shape index (κ2) is 13.7. The lowest BCUT2D eigenvalue weighted by atomic mass is 9.79. The lowest BCUT2D eigenvalue weighted by Crippen LogP contribution is -2.36. The fraction of sp³-hybridized carbons (Fsp3) is 0.393. The van der Waals surface area contributed by atoms with Crippen molar-refractivity contribution in [3.05, 3.63) is 81.9 Å². The summed E-state index contributed by atoms with van der Waals surface area (Å²) in [6.07, 6.45) is 1.57. The number of carbonyl (C=O) groups is 3. The highest BCUT2D eigenvalue weighted by molar-refractivity contribution is 6.06. The van der Waals surface area contributed by atoms with Crippen molar-refractivity contribution in [2.45, 2.75) is 58.0 Å². The zero-order valence-corrected chi connectivity index (χ0v) is 22.5. The number of aliphatic hydroxyl groups is 1. The second-order valence-electron chi connectivity index (χ2n) is 9.63. The van der Waals surface area contributed by atoms with Crippen molar-refractivity contribution in [2.75, 3.05) is 13.1 Å². The summed E-state index contributed by atoms with van der Waals surface area (Å²) in [4.78, 5) is 44.5. The number of nitrogens with two attached hydrogens (primary N) is 2. The largest absolute Gasteiger partial charge is 0.392 e. The number of nitrogens with zero attached hydrogens (tertiary/aromatic N) is 3. The number of rotatable bonds is 14. The Bertz CT molecular complexity index is 1320. The van der Waals surface area contributed by atoms with Crippen LogP contribution in [0.25, 0.3) is 0 Å². The molecule has 1 heterocycles. The molecule has 1 aromatic heterocycles. The number of benzene rings is 2. The van der Waals surface area contributed by atoms with Gasteiger partial charge in [-0.1, -0.05) is 13.8 Å². The number of aromatic nitrogens is 3. The number of aryl methyl sites for hydroxylation is 1. The smallest absolute Gasteiger partial charge is 0.254 e. The third-order valence-corrected chi connectivity index (χ3v) is 6.59. The second-order valence-corrected chi connectivity index (χ2v) is 9.63. The van der Waals surface area contributed by atoms with E-state index in [2.05, 4.69) is 15.2 Å². The van der Waals surface area contributed by atoms with Crippen molar-refractivity contribution in [3.63, 3.8) is 0 Å². The highest BCUT2D eigenvalue weighted by Crippen LogP contribution is 2.34. The van der Waals surface area contributed by atoms with Crippen LogP contribution >= 0.6 is 0 Å². The Morgan fingerprint density at radius 1 is 0.975 bits per heavy atom. The van der Waals surface area contributed by atoms with Crippen LogP contribution in [0.15, 0.2) is 36.7 Å². The summed E-state index contributed by atoms with van der Waals surface area (Å²) in [5, 5.41) is 18.0. The number of hydrogen-bond donors (Lipinski definition) is 4. The molecular formula is C28H34F2N6O4. The molecule has 0 aliphatic rings. The van der Waals surface area contributed by atoms with Crippen molar-refractivity contribution < 1.29 is 28.3 Å². The summed E-state index contributed by atoms with van der Waals surface area (Å²) in [5.74, 6) is -4.50. The molecule has 10 nitrogen and oxygen atoms in total. The first-order valence-corrected chi connectivity index (χ1v) is 13.1. The minimum Gasteiger partial charge on any atom is -0.392 e. The number of nitrogens with one attached hydrogen (secondary N) is 1. The highest BCUT2D eigenvalue weighted by Gasteiger charge is 2.33. The van der Waals surface area contributed by atoms with E-state index in [-0.39, 0.29) is 47.1 Å². The van der Waals surface area contributed by atoms with E-state index in [0.29, 0.717) is 31.8 Å². The maximum atomic E-state index is 14.1. The lowest BCUT2D eigenvalue weighted by molar-refractivity contribution is 0.0750. The highest BCUT2D eigenvalue weighted by atomic mass is 19.1. The first-order valence-electron chi connectivity index (χ1n) is 13.1. The maximum Gasteiger partial charge on any atom is 0.254 e. The minimum absolute atomic E-state index is 0.0346. The number of hydrogen-bond acceptors (Lipinski definition) is 6. The summed E-state index contributed by atoms with van der Waals surface area (Å²) in [5.41, 5.74) is 11.2. The van der Waals surface area contributed by atoms with Gasteiger partial charge >= 0.3 is 0 Å². The minimum atomic E-state index is -1.23. The van der Waals surface area contributed by atoms with Crippen LogP contribution in [0.5, 0.6) is 0 Å². The molecule has 2 unspecified atom stereocenters. The van der Waals surface area contributed by atoms with Gasteiger partial charge in [-0.3, -0.25) is 19.5 Å². The Morgan fingerprint density at radius 3 is 2.12 bits per heavy atom. The average Bonchev–Trinajstić information content (AvgIpc) is 3.42. The Labute approximate surface area is 230 Å². The summed E-state index contributed by atoms with van der Waals surface area (Å²) >= 11 is 0. The van der Waals surface area contributed by atoms with Gasteiger partial charge in [0.25, 0.3) is 5.91 Å². The Morgan fingerprint density at radius 2 is 1.60 bits per heavy atom. The van der Waals surface area contributed by atoms with Gasteiger partial charge in [0.1, 0.15) is 23.8 Å². The first-order chi connectivity index (χ1) is 19.0. The van der Waals surface area contributed by atoms with Crippen molar-refractivity contribution in [1.82, 2.24) is 20.1 Å². The molecule has 0 radical (unpaired) electrons. The van der Waals surface area contributed by atoms with Crippen LogP contribution in [-0.4, -0.2) is 62.1 Å². The Kier molecular flexibility index (Phi) is 10.4. The third kappa shape index (κ3) is 7.47. The molecule has 0 bridgehead atoms. The first kappa shape index (κ1) is 30.4. The molecule has 12 heteroatoms. The summed E-state index contributed by atoms with van der Waals surface area (Å²) < 4.78 is 28.3. The summed E-state index contributed by atoms with van der Waals surface area (Å²) in [7, 11) is 0. The number of carbonyl (C=O) groups excluding carboxylic acids is 3. The van der Waals surface area contributed by atoms with Crippen LogP contribution < -0.4 is 11.5 Å². The molecule has 0 aliphatic carbocycles. The molecule has 3 amide bonds. The third-order valence-electron chi connectivity index (χ3n) is 6.59. The van der Waals surface area contributed by atoms with Crippen LogP contribution in [-0.2, 0) is 12.8 Å².